The number of fused-ring (bicyclic) bond motifs is 2. The van der Waals surface area contributed by atoms with Crippen molar-refractivity contribution < 1.29 is 4.74 Å². The molecule has 18 heavy (non-hydrogen) atoms. The van der Waals surface area contributed by atoms with Crippen LogP contribution in [0.1, 0.15) is 23.2 Å². The summed E-state index contributed by atoms with van der Waals surface area (Å²) in [6.45, 7) is 0. The average molecular weight is 241 g/mol. The van der Waals surface area contributed by atoms with Gasteiger partial charge in [-0.25, -0.2) is 0 Å². The maximum absolute atomic E-state index is 7.82. The van der Waals surface area contributed by atoms with E-state index in [4.69, 9.17) is 15.9 Å². The summed E-state index contributed by atoms with van der Waals surface area (Å²) in [7, 11) is 1.63. The predicted molar refractivity (Wildman–Crippen MR) is 71.3 cm³/mol. The van der Waals surface area contributed by atoms with Crippen LogP contribution in [0.2, 0.25) is 0 Å². The first-order chi connectivity index (χ1) is 8.70. The van der Waals surface area contributed by atoms with Crippen molar-refractivity contribution >= 4 is 16.7 Å². The number of nitrogen functional groups attached to an aromatic ring is 1. The van der Waals surface area contributed by atoms with Crippen molar-refractivity contribution in [3.05, 3.63) is 35.0 Å². The molecule has 1 aliphatic rings. The number of aromatic nitrogens is 1. The Kier molecular flexibility index (Phi) is 2.44. The van der Waals surface area contributed by atoms with Crippen LogP contribution in [0.25, 0.3) is 10.9 Å². The van der Waals surface area contributed by atoms with Crippen molar-refractivity contribution in [1.29, 1.82) is 5.41 Å². The second kappa shape index (κ2) is 3.98. The molecule has 0 bridgehead atoms. The molecule has 0 unspecified atom stereocenters. The zero-order valence-electron chi connectivity index (χ0n) is 10.3. The molecule has 0 fully saturated rings. The Labute approximate surface area is 105 Å². The summed E-state index contributed by atoms with van der Waals surface area (Å²) in [6, 6.07) is 5.73. The zero-order valence-corrected chi connectivity index (χ0v) is 10.3. The van der Waals surface area contributed by atoms with Crippen molar-refractivity contribution in [1.82, 2.24) is 4.98 Å². The van der Waals surface area contributed by atoms with Crippen LogP contribution in [0.3, 0.4) is 0 Å². The molecule has 0 atom stereocenters. The molecule has 0 amide bonds. The number of amidine groups is 1. The van der Waals surface area contributed by atoms with Crippen LogP contribution < -0.4 is 10.5 Å². The van der Waals surface area contributed by atoms with Gasteiger partial charge in [0.25, 0.3) is 0 Å². The van der Waals surface area contributed by atoms with Crippen LogP contribution in [0, 0.1) is 5.41 Å². The lowest BCUT2D eigenvalue weighted by molar-refractivity contribution is 0.415. The Balaban J connectivity index is 2.39. The molecular weight excluding hydrogens is 226 g/mol. The number of nitrogens with one attached hydrogen (secondary N) is 1. The van der Waals surface area contributed by atoms with Gasteiger partial charge in [0.2, 0.25) is 0 Å². The fourth-order valence-corrected chi connectivity index (χ4v) is 2.68. The minimum atomic E-state index is 0.119. The first-order valence-corrected chi connectivity index (χ1v) is 6.04. The number of pyridine rings is 1. The van der Waals surface area contributed by atoms with Crippen LogP contribution in [0.4, 0.5) is 0 Å². The number of aryl methyl sites for hydroxylation is 1. The second-order valence-corrected chi connectivity index (χ2v) is 4.56. The summed E-state index contributed by atoms with van der Waals surface area (Å²) < 4.78 is 5.24. The molecule has 0 saturated carbocycles. The number of rotatable bonds is 2. The minimum absolute atomic E-state index is 0.119. The van der Waals surface area contributed by atoms with E-state index in [1.54, 1.807) is 7.11 Å². The SMILES string of the molecule is COc1ccc2nc3c(c(C(=N)N)c2c1)CCC3. The highest BCUT2D eigenvalue weighted by Gasteiger charge is 2.21. The molecule has 1 aromatic heterocycles. The number of nitrogens with two attached hydrogens (primary N) is 1. The van der Waals surface area contributed by atoms with Crippen molar-refractivity contribution in [2.45, 2.75) is 19.3 Å². The first kappa shape index (κ1) is 11.0. The van der Waals surface area contributed by atoms with E-state index in [9.17, 15) is 0 Å². The van der Waals surface area contributed by atoms with E-state index in [0.717, 1.165) is 52.7 Å². The van der Waals surface area contributed by atoms with Gasteiger partial charge in [-0.15, -0.1) is 0 Å². The van der Waals surface area contributed by atoms with E-state index in [0.29, 0.717) is 0 Å². The number of nitrogens with zero attached hydrogens (tertiary/aromatic N) is 1. The largest absolute Gasteiger partial charge is 0.497 e. The van der Waals surface area contributed by atoms with Crippen LogP contribution in [0.5, 0.6) is 5.75 Å². The maximum Gasteiger partial charge on any atom is 0.123 e. The third kappa shape index (κ3) is 1.53. The molecular formula is C14H15N3O. The van der Waals surface area contributed by atoms with Gasteiger partial charge in [0.15, 0.2) is 0 Å². The Hall–Kier alpha value is -2.10. The van der Waals surface area contributed by atoms with Crippen molar-refractivity contribution in [2.24, 2.45) is 5.73 Å². The molecule has 92 valence electrons. The molecule has 0 radical (unpaired) electrons. The molecule has 1 heterocycles. The molecule has 4 heteroatoms. The fourth-order valence-electron chi connectivity index (χ4n) is 2.68. The smallest absolute Gasteiger partial charge is 0.123 e. The Morgan fingerprint density at radius 3 is 2.94 bits per heavy atom. The van der Waals surface area contributed by atoms with Crippen LogP contribution in [0.15, 0.2) is 18.2 Å². The lowest BCUT2D eigenvalue weighted by Gasteiger charge is -2.12. The van der Waals surface area contributed by atoms with Crippen LogP contribution in [-0.4, -0.2) is 17.9 Å². The third-order valence-corrected chi connectivity index (χ3v) is 3.49. The molecule has 1 aromatic carbocycles. The Morgan fingerprint density at radius 1 is 1.39 bits per heavy atom. The summed E-state index contributed by atoms with van der Waals surface area (Å²) in [5.74, 6) is 0.888. The second-order valence-electron chi connectivity index (χ2n) is 4.56. The van der Waals surface area contributed by atoms with Gasteiger partial charge in [0.05, 0.1) is 12.6 Å². The van der Waals surface area contributed by atoms with E-state index in [1.807, 2.05) is 18.2 Å². The number of methoxy groups -OCH3 is 1. The number of benzene rings is 1. The highest BCUT2D eigenvalue weighted by molar-refractivity contribution is 6.08. The van der Waals surface area contributed by atoms with E-state index in [-0.39, 0.29) is 5.84 Å². The van der Waals surface area contributed by atoms with Gasteiger partial charge >= 0.3 is 0 Å². The van der Waals surface area contributed by atoms with Gasteiger partial charge in [-0.05, 0) is 43.0 Å². The van der Waals surface area contributed by atoms with E-state index in [1.165, 1.54) is 0 Å². The standard InChI is InChI=1S/C14H15N3O/c1-18-8-5-6-12-10(7-8)13(14(15)16)9-3-2-4-11(9)17-12/h5-7H,2-4H2,1H3,(H3,15,16). The maximum atomic E-state index is 7.82. The summed E-state index contributed by atoms with van der Waals surface area (Å²) in [4.78, 5) is 4.67. The van der Waals surface area contributed by atoms with Gasteiger partial charge in [-0.1, -0.05) is 0 Å². The van der Waals surface area contributed by atoms with Gasteiger partial charge in [-0.3, -0.25) is 10.4 Å². The minimum Gasteiger partial charge on any atom is -0.497 e. The quantitative estimate of drug-likeness (QED) is 0.624. The van der Waals surface area contributed by atoms with Crippen molar-refractivity contribution in [3.63, 3.8) is 0 Å². The number of hydrogen-bond donors (Lipinski definition) is 2. The molecule has 4 nitrogen and oxygen atoms in total. The topological polar surface area (TPSA) is 72.0 Å². The van der Waals surface area contributed by atoms with Crippen LogP contribution in [-0.2, 0) is 12.8 Å². The van der Waals surface area contributed by atoms with E-state index < -0.39 is 0 Å². The summed E-state index contributed by atoms with van der Waals surface area (Å²) in [5.41, 5.74) is 9.73. The number of hydrogen-bond acceptors (Lipinski definition) is 3. The van der Waals surface area contributed by atoms with Gasteiger partial charge in [0.1, 0.15) is 11.6 Å². The van der Waals surface area contributed by atoms with E-state index >= 15 is 0 Å². The molecule has 3 rings (SSSR count). The highest BCUT2D eigenvalue weighted by atomic mass is 16.5. The fraction of sp³-hybridized carbons (Fsp3) is 0.286. The monoisotopic (exact) mass is 241 g/mol. The number of ether oxygens (including phenoxy) is 1. The molecule has 0 spiro atoms. The van der Waals surface area contributed by atoms with Gasteiger partial charge in [-0.2, -0.15) is 0 Å². The zero-order chi connectivity index (χ0) is 12.7. The van der Waals surface area contributed by atoms with E-state index in [2.05, 4.69) is 4.98 Å². The van der Waals surface area contributed by atoms with Gasteiger partial charge < -0.3 is 10.5 Å². The van der Waals surface area contributed by atoms with Gasteiger partial charge in [0, 0.05) is 16.6 Å². The van der Waals surface area contributed by atoms with Crippen molar-refractivity contribution in [2.75, 3.05) is 7.11 Å². The molecule has 1 aliphatic carbocycles. The average Bonchev–Trinajstić information content (AvgIpc) is 2.82. The lowest BCUT2D eigenvalue weighted by atomic mass is 10.0. The normalized spacial score (nSPS) is 13.6. The molecule has 2 aromatic rings. The molecule has 0 saturated heterocycles. The van der Waals surface area contributed by atoms with Crippen molar-refractivity contribution in [3.8, 4) is 5.75 Å². The lowest BCUT2D eigenvalue weighted by Crippen LogP contribution is -2.15. The first-order valence-electron chi connectivity index (χ1n) is 6.04. The van der Waals surface area contributed by atoms with Crippen LogP contribution >= 0.6 is 0 Å². The Bertz CT molecular complexity index is 649. The molecule has 0 aliphatic heterocycles. The summed E-state index contributed by atoms with van der Waals surface area (Å²) in [5, 5.41) is 8.74. The summed E-state index contributed by atoms with van der Waals surface area (Å²) >= 11 is 0. The Morgan fingerprint density at radius 2 is 2.22 bits per heavy atom. The molecule has 3 N–H and O–H groups in total. The summed E-state index contributed by atoms with van der Waals surface area (Å²) in [6.07, 6.45) is 3.04. The predicted octanol–water partition coefficient (Wildman–Crippen LogP) is 2.02. The highest BCUT2D eigenvalue weighted by Crippen LogP contribution is 2.31. The third-order valence-electron chi connectivity index (χ3n) is 3.49.